The normalized spacial score (nSPS) is 18.4. The molecule has 2 N–H and O–H groups in total. The summed E-state index contributed by atoms with van der Waals surface area (Å²) in [4.78, 5) is 11.8. The first-order valence-electron chi connectivity index (χ1n) is 6.19. The zero-order chi connectivity index (χ0) is 13.1. The molecule has 18 heavy (non-hydrogen) atoms. The second-order valence-electron chi connectivity index (χ2n) is 4.75. The molecule has 0 saturated heterocycles. The molecule has 0 aliphatic heterocycles. The Balaban J connectivity index is 2.04. The fourth-order valence-corrected chi connectivity index (χ4v) is 2.39. The van der Waals surface area contributed by atoms with Crippen molar-refractivity contribution >= 4 is 21.7 Å². The molecule has 0 amide bonds. The van der Waals surface area contributed by atoms with E-state index in [2.05, 4.69) is 15.9 Å². The van der Waals surface area contributed by atoms with Crippen LogP contribution in [0.4, 0.5) is 0 Å². The Bertz CT molecular complexity index is 412. The summed E-state index contributed by atoms with van der Waals surface area (Å²) < 4.78 is 0. The maximum absolute atomic E-state index is 11.8. The van der Waals surface area contributed by atoms with Crippen LogP contribution in [0.1, 0.15) is 41.3 Å². The topological polar surface area (TPSA) is 57.5 Å². The highest BCUT2D eigenvalue weighted by Gasteiger charge is 2.30. The van der Waals surface area contributed by atoms with Gasteiger partial charge in [0.2, 0.25) is 0 Å². The summed E-state index contributed by atoms with van der Waals surface area (Å²) in [6.45, 7) is 0. The van der Waals surface area contributed by atoms with E-state index in [9.17, 15) is 15.0 Å². The fraction of sp³-hybridized carbons (Fsp3) is 0.500. The van der Waals surface area contributed by atoms with Crippen molar-refractivity contribution < 1.29 is 15.0 Å². The van der Waals surface area contributed by atoms with Crippen LogP contribution in [0.2, 0.25) is 0 Å². The molecule has 1 aromatic carbocycles. The molecule has 1 fully saturated rings. The Kier molecular flexibility index (Phi) is 4.54. The Morgan fingerprint density at radius 2 is 1.89 bits per heavy atom. The third-order valence-electron chi connectivity index (χ3n) is 3.25. The Morgan fingerprint density at radius 1 is 1.28 bits per heavy atom. The van der Waals surface area contributed by atoms with Gasteiger partial charge in [0.1, 0.15) is 6.10 Å². The monoisotopic (exact) mass is 312 g/mol. The number of aliphatic hydroxyl groups excluding tert-OH is 2. The van der Waals surface area contributed by atoms with E-state index in [0.717, 1.165) is 12.8 Å². The summed E-state index contributed by atoms with van der Waals surface area (Å²) >= 11 is 3.23. The van der Waals surface area contributed by atoms with Crippen molar-refractivity contribution in [2.45, 2.75) is 31.5 Å². The van der Waals surface area contributed by atoms with Crippen molar-refractivity contribution in [1.29, 1.82) is 0 Å². The molecule has 98 valence electrons. The Hall–Kier alpha value is -0.710. The molecule has 4 heteroatoms. The van der Waals surface area contributed by atoms with E-state index < -0.39 is 12.2 Å². The van der Waals surface area contributed by atoms with E-state index in [-0.39, 0.29) is 11.7 Å². The first kappa shape index (κ1) is 13.7. The lowest BCUT2D eigenvalue weighted by Crippen LogP contribution is -2.18. The predicted molar refractivity (Wildman–Crippen MR) is 72.9 cm³/mol. The zero-order valence-corrected chi connectivity index (χ0v) is 11.6. The van der Waals surface area contributed by atoms with Crippen molar-refractivity contribution in [1.82, 2.24) is 0 Å². The lowest BCUT2D eigenvalue weighted by molar-refractivity contribution is 0.0173. The van der Waals surface area contributed by atoms with Gasteiger partial charge in [-0.05, 0) is 24.8 Å². The van der Waals surface area contributed by atoms with E-state index in [1.54, 1.807) is 24.3 Å². The van der Waals surface area contributed by atoms with Crippen LogP contribution >= 0.6 is 15.9 Å². The Labute approximate surface area is 115 Å². The minimum Gasteiger partial charge on any atom is -0.390 e. The van der Waals surface area contributed by atoms with Gasteiger partial charge in [0.05, 0.1) is 6.10 Å². The standard InChI is InChI=1S/C14H17BrO3/c15-8-7-12(16)14(18)11-5-3-10(4-6-11)13(17)9-1-2-9/h3-6,9,12,14,16,18H,1-2,7-8H2. The highest BCUT2D eigenvalue weighted by atomic mass is 79.9. The number of halogens is 1. The minimum absolute atomic E-state index is 0.192. The number of carbonyl (C=O) groups is 1. The molecule has 1 aliphatic rings. The lowest BCUT2D eigenvalue weighted by atomic mass is 9.99. The molecule has 1 saturated carbocycles. The lowest BCUT2D eigenvalue weighted by Gasteiger charge is -2.17. The third-order valence-corrected chi connectivity index (χ3v) is 3.71. The van der Waals surface area contributed by atoms with Crippen molar-refractivity contribution in [3.05, 3.63) is 35.4 Å². The van der Waals surface area contributed by atoms with Gasteiger partial charge in [0.15, 0.2) is 5.78 Å². The van der Waals surface area contributed by atoms with Crippen molar-refractivity contribution in [3.8, 4) is 0 Å². The fourth-order valence-electron chi connectivity index (χ4n) is 1.92. The van der Waals surface area contributed by atoms with Gasteiger partial charge in [0.25, 0.3) is 0 Å². The number of aliphatic hydroxyl groups is 2. The maximum atomic E-state index is 11.8. The second-order valence-corrected chi connectivity index (χ2v) is 5.54. The number of benzene rings is 1. The van der Waals surface area contributed by atoms with Gasteiger partial charge < -0.3 is 10.2 Å². The van der Waals surface area contributed by atoms with Crippen LogP contribution in [-0.2, 0) is 0 Å². The quantitative estimate of drug-likeness (QED) is 0.626. The summed E-state index contributed by atoms with van der Waals surface area (Å²) in [6, 6.07) is 6.91. The molecule has 0 radical (unpaired) electrons. The Morgan fingerprint density at radius 3 is 2.39 bits per heavy atom. The van der Waals surface area contributed by atoms with Crippen LogP contribution in [0, 0.1) is 5.92 Å². The van der Waals surface area contributed by atoms with Gasteiger partial charge >= 0.3 is 0 Å². The van der Waals surface area contributed by atoms with Gasteiger partial charge in [-0.2, -0.15) is 0 Å². The summed E-state index contributed by atoms with van der Waals surface area (Å²) in [5.74, 6) is 0.400. The molecule has 2 rings (SSSR count). The van der Waals surface area contributed by atoms with Crippen LogP contribution in [-0.4, -0.2) is 27.4 Å². The average Bonchev–Trinajstić information content (AvgIpc) is 3.22. The first-order valence-corrected chi connectivity index (χ1v) is 7.32. The van der Waals surface area contributed by atoms with Gasteiger partial charge in [-0.15, -0.1) is 0 Å². The van der Waals surface area contributed by atoms with Crippen LogP contribution in [0.25, 0.3) is 0 Å². The van der Waals surface area contributed by atoms with Crippen molar-refractivity contribution in [3.63, 3.8) is 0 Å². The molecule has 0 bridgehead atoms. The number of carbonyl (C=O) groups excluding carboxylic acids is 1. The van der Waals surface area contributed by atoms with Crippen molar-refractivity contribution in [2.75, 3.05) is 5.33 Å². The van der Waals surface area contributed by atoms with Gasteiger partial charge in [-0.3, -0.25) is 4.79 Å². The van der Waals surface area contributed by atoms with Crippen LogP contribution in [0.5, 0.6) is 0 Å². The second kappa shape index (κ2) is 5.95. The molecule has 0 heterocycles. The van der Waals surface area contributed by atoms with Crippen LogP contribution in [0.3, 0.4) is 0 Å². The molecular formula is C14H17BrO3. The maximum Gasteiger partial charge on any atom is 0.165 e. The molecule has 0 aromatic heterocycles. The molecule has 3 nitrogen and oxygen atoms in total. The molecule has 1 aliphatic carbocycles. The number of rotatable bonds is 6. The molecule has 1 aromatic rings. The SMILES string of the molecule is O=C(c1ccc(C(O)C(O)CCBr)cc1)C1CC1. The van der Waals surface area contributed by atoms with E-state index >= 15 is 0 Å². The number of hydrogen-bond donors (Lipinski definition) is 2. The number of alkyl halides is 1. The number of ketones is 1. The number of hydrogen-bond acceptors (Lipinski definition) is 3. The third kappa shape index (κ3) is 3.19. The highest BCUT2D eigenvalue weighted by molar-refractivity contribution is 9.09. The van der Waals surface area contributed by atoms with E-state index in [4.69, 9.17) is 0 Å². The summed E-state index contributed by atoms with van der Waals surface area (Å²) in [7, 11) is 0. The predicted octanol–water partition coefficient (Wildman–Crippen LogP) is 2.46. The highest BCUT2D eigenvalue weighted by Crippen LogP contribution is 2.32. The summed E-state index contributed by atoms with van der Waals surface area (Å²) in [5.41, 5.74) is 1.35. The van der Waals surface area contributed by atoms with Gasteiger partial charge in [-0.1, -0.05) is 40.2 Å². The van der Waals surface area contributed by atoms with Crippen LogP contribution < -0.4 is 0 Å². The first-order chi connectivity index (χ1) is 8.63. The van der Waals surface area contributed by atoms with Crippen LogP contribution in [0.15, 0.2) is 24.3 Å². The molecule has 0 spiro atoms. The average molecular weight is 313 g/mol. The van der Waals surface area contributed by atoms with E-state index in [0.29, 0.717) is 22.9 Å². The minimum atomic E-state index is -0.896. The van der Waals surface area contributed by atoms with E-state index in [1.807, 2.05) is 0 Å². The van der Waals surface area contributed by atoms with Crippen molar-refractivity contribution in [2.24, 2.45) is 5.92 Å². The summed E-state index contributed by atoms with van der Waals surface area (Å²) in [5, 5.41) is 20.3. The molecule has 2 unspecified atom stereocenters. The summed E-state index contributed by atoms with van der Waals surface area (Å²) in [6.07, 6.45) is 0.798. The van der Waals surface area contributed by atoms with E-state index in [1.165, 1.54) is 0 Å². The molecule has 2 atom stereocenters. The largest absolute Gasteiger partial charge is 0.390 e. The number of Topliss-reactive ketones (excluding diaryl/α,β-unsaturated/α-hetero) is 1. The smallest absolute Gasteiger partial charge is 0.165 e. The van der Waals surface area contributed by atoms with Gasteiger partial charge in [0, 0.05) is 16.8 Å². The van der Waals surface area contributed by atoms with Gasteiger partial charge in [-0.25, -0.2) is 0 Å². The zero-order valence-electron chi connectivity index (χ0n) is 10.1. The molecular weight excluding hydrogens is 296 g/mol.